The van der Waals surface area contributed by atoms with Crippen LogP contribution in [0.5, 0.6) is 0 Å². The van der Waals surface area contributed by atoms with Gasteiger partial charge in [-0.25, -0.2) is 4.79 Å². The summed E-state index contributed by atoms with van der Waals surface area (Å²) >= 11 is 0. The van der Waals surface area contributed by atoms with Crippen molar-refractivity contribution in [3.63, 3.8) is 0 Å². The minimum Gasteiger partial charge on any atom is -0.473 e. The molecule has 0 radical (unpaired) electrons. The summed E-state index contributed by atoms with van der Waals surface area (Å²) in [6, 6.07) is 0. The zero-order chi connectivity index (χ0) is 21.8. The van der Waals surface area contributed by atoms with Crippen molar-refractivity contribution in [1.82, 2.24) is 9.13 Å². The second kappa shape index (κ2) is 9.12. The number of aromatic nitrogens is 2. The predicted molar refractivity (Wildman–Crippen MR) is 99.0 cm³/mol. The molecule has 160 valence electrons. The van der Waals surface area contributed by atoms with Crippen LogP contribution in [0.2, 0.25) is 0 Å². The van der Waals surface area contributed by atoms with Gasteiger partial charge in [-0.3, -0.25) is 13.9 Å². The number of aliphatic imine (C=N–C) groups is 1. The summed E-state index contributed by atoms with van der Waals surface area (Å²) in [7, 11) is 1.44. The van der Waals surface area contributed by atoms with Crippen LogP contribution >= 0.6 is 0 Å². The van der Waals surface area contributed by atoms with E-state index in [0.29, 0.717) is 6.42 Å². The van der Waals surface area contributed by atoms with Gasteiger partial charge in [-0.05, 0) is 25.5 Å². The molecule has 0 aliphatic heterocycles. The molecule has 11 heteroatoms. The molecule has 2 rings (SSSR count). The van der Waals surface area contributed by atoms with E-state index in [-0.39, 0.29) is 36.9 Å². The molecule has 0 spiro atoms. The van der Waals surface area contributed by atoms with Gasteiger partial charge in [0, 0.05) is 33.5 Å². The number of nitrogens with zero attached hydrogens (tertiary/aromatic N) is 3. The molecule has 1 aromatic rings. The van der Waals surface area contributed by atoms with Crippen LogP contribution in [0.15, 0.2) is 38.6 Å². The third-order valence-electron chi connectivity index (χ3n) is 4.10. The monoisotopic (exact) mass is 417 g/mol. The van der Waals surface area contributed by atoms with E-state index in [2.05, 4.69) is 9.73 Å². The maximum Gasteiger partial charge on any atom is 0.573 e. The fourth-order valence-electron chi connectivity index (χ4n) is 2.80. The highest BCUT2D eigenvalue weighted by Gasteiger charge is 2.32. The fourth-order valence-corrected chi connectivity index (χ4v) is 2.80. The van der Waals surface area contributed by atoms with Crippen LogP contribution in [0.25, 0.3) is 0 Å². The standard InChI is InChI=1S/C18H22F3N3O5/c1-11-15(23(3)17(27)24(16(11)26)8-5-9-25)22-12(2)28-13-6-4-7-14(10-13)29-18(19,20)21/h4,7,10,13,25H,5-6,8-9H2,1-3H3. The topological polar surface area (TPSA) is 95.1 Å². The van der Waals surface area contributed by atoms with Crippen molar-refractivity contribution in [2.24, 2.45) is 12.0 Å². The Hall–Kier alpha value is -2.82. The Morgan fingerprint density at radius 1 is 1.38 bits per heavy atom. The third kappa shape index (κ3) is 5.83. The second-order valence-electron chi connectivity index (χ2n) is 6.37. The van der Waals surface area contributed by atoms with Crippen molar-refractivity contribution >= 4 is 11.7 Å². The summed E-state index contributed by atoms with van der Waals surface area (Å²) in [5.41, 5.74) is -0.926. The van der Waals surface area contributed by atoms with Crippen LogP contribution in [-0.2, 0) is 23.1 Å². The molecule has 1 unspecified atom stereocenters. The molecule has 1 aliphatic rings. The minimum atomic E-state index is -4.81. The molecule has 8 nitrogen and oxygen atoms in total. The summed E-state index contributed by atoms with van der Waals surface area (Å²) in [6.07, 6.45) is -1.16. The summed E-state index contributed by atoms with van der Waals surface area (Å²) in [6.45, 7) is 2.88. The largest absolute Gasteiger partial charge is 0.573 e. The SMILES string of the molecule is CC(=Nc1c(C)c(=O)n(CCCO)c(=O)n1C)OC1C=C(OC(F)(F)F)C=CC1. The van der Waals surface area contributed by atoms with E-state index in [0.717, 1.165) is 4.57 Å². The number of ether oxygens (including phenoxy) is 2. The lowest BCUT2D eigenvalue weighted by Crippen LogP contribution is -2.40. The number of hydrogen-bond acceptors (Lipinski definition) is 6. The summed E-state index contributed by atoms with van der Waals surface area (Å²) < 4.78 is 48.7. The van der Waals surface area contributed by atoms with Crippen LogP contribution in [0.3, 0.4) is 0 Å². The van der Waals surface area contributed by atoms with Crippen molar-refractivity contribution in [2.45, 2.75) is 45.7 Å². The van der Waals surface area contributed by atoms with E-state index in [9.17, 15) is 22.8 Å². The fraction of sp³-hybridized carbons (Fsp3) is 0.500. The first kappa shape index (κ1) is 22.5. The summed E-state index contributed by atoms with van der Waals surface area (Å²) in [5, 5.41) is 8.91. The second-order valence-corrected chi connectivity index (χ2v) is 6.37. The van der Waals surface area contributed by atoms with E-state index >= 15 is 0 Å². The molecule has 0 bridgehead atoms. The molecule has 0 aromatic carbocycles. The Labute approximate surface area is 164 Å². The van der Waals surface area contributed by atoms with Crippen LogP contribution in [0.1, 0.15) is 25.3 Å². The quantitative estimate of drug-likeness (QED) is 0.565. The first-order valence-electron chi connectivity index (χ1n) is 8.81. The van der Waals surface area contributed by atoms with E-state index in [1.54, 1.807) is 0 Å². The Balaban J connectivity index is 2.27. The number of alkyl halides is 3. The van der Waals surface area contributed by atoms with Gasteiger partial charge in [-0.2, -0.15) is 4.99 Å². The molecule has 1 atom stereocenters. The number of aliphatic hydroxyl groups excluding tert-OH is 1. The van der Waals surface area contributed by atoms with E-state index in [4.69, 9.17) is 9.84 Å². The smallest absolute Gasteiger partial charge is 0.473 e. The highest BCUT2D eigenvalue weighted by atomic mass is 19.4. The maximum atomic E-state index is 12.4. The molecule has 0 saturated heterocycles. The molecule has 0 saturated carbocycles. The lowest BCUT2D eigenvalue weighted by Gasteiger charge is -2.19. The Kier molecular flexibility index (Phi) is 7.07. The van der Waals surface area contributed by atoms with Crippen molar-refractivity contribution in [2.75, 3.05) is 6.61 Å². The highest BCUT2D eigenvalue weighted by Crippen LogP contribution is 2.25. The van der Waals surface area contributed by atoms with Crippen LogP contribution in [-0.4, -0.2) is 39.2 Å². The Morgan fingerprint density at radius 2 is 2.07 bits per heavy atom. The van der Waals surface area contributed by atoms with Gasteiger partial charge >= 0.3 is 12.1 Å². The number of halogens is 3. The van der Waals surface area contributed by atoms with E-state index in [1.165, 1.54) is 43.7 Å². The Bertz CT molecular complexity index is 920. The van der Waals surface area contributed by atoms with Crippen LogP contribution in [0.4, 0.5) is 19.0 Å². The average molecular weight is 417 g/mol. The van der Waals surface area contributed by atoms with Crippen molar-refractivity contribution in [3.05, 3.63) is 50.4 Å². The normalized spacial score (nSPS) is 17.3. The van der Waals surface area contributed by atoms with Gasteiger partial charge in [0.2, 0.25) is 0 Å². The zero-order valence-electron chi connectivity index (χ0n) is 16.2. The van der Waals surface area contributed by atoms with Gasteiger partial charge in [0.15, 0.2) is 5.90 Å². The Morgan fingerprint density at radius 3 is 2.69 bits per heavy atom. The van der Waals surface area contributed by atoms with E-state index < -0.39 is 29.5 Å². The van der Waals surface area contributed by atoms with Gasteiger partial charge in [0.1, 0.15) is 17.7 Å². The number of rotatable bonds is 6. The molecule has 1 N–H and O–H groups in total. The number of allylic oxidation sites excluding steroid dienone is 1. The minimum absolute atomic E-state index is 0.0681. The molecular weight excluding hydrogens is 395 g/mol. The highest BCUT2D eigenvalue weighted by molar-refractivity contribution is 5.76. The molecule has 1 aliphatic carbocycles. The zero-order valence-corrected chi connectivity index (χ0v) is 16.2. The molecule has 0 fully saturated rings. The molecule has 29 heavy (non-hydrogen) atoms. The first-order valence-corrected chi connectivity index (χ1v) is 8.81. The summed E-state index contributed by atoms with van der Waals surface area (Å²) in [4.78, 5) is 29.0. The third-order valence-corrected chi connectivity index (χ3v) is 4.10. The number of aliphatic hydroxyl groups is 1. The van der Waals surface area contributed by atoms with E-state index in [1.807, 2.05) is 0 Å². The lowest BCUT2D eigenvalue weighted by atomic mass is 10.1. The summed E-state index contributed by atoms with van der Waals surface area (Å²) in [5.74, 6) is -0.241. The molecular formula is C18H22F3N3O5. The number of hydrogen-bond donors (Lipinski definition) is 1. The van der Waals surface area contributed by atoms with Gasteiger partial charge in [-0.1, -0.05) is 6.08 Å². The molecule has 1 heterocycles. The van der Waals surface area contributed by atoms with Crippen molar-refractivity contribution in [3.8, 4) is 0 Å². The maximum absolute atomic E-state index is 12.4. The average Bonchev–Trinajstić information content (AvgIpc) is 2.62. The van der Waals surface area contributed by atoms with Gasteiger partial charge in [0.25, 0.3) is 5.56 Å². The van der Waals surface area contributed by atoms with Gasteiger partial charge < -0.3 is 14.6 Å². The lowest BCUT2D eigenvalue weighted by molar-refractivity contribution is -0.303. The van der Waals surface area contributed by atoms with Crippen molar-refractivity contribution < 1.29 is 27.8 Å². The predicted octanol–water partition coefficient (Wildman–Crippen LogP) is 2.05. The molecule has 1 aromatic heterocycles. The van der Waals surface area contributed by atoms with Gasteiger partial charge in [-0.15, -0.1) is 13.2 Å². The first-order chi connectivity index (χ1) is 13.5. The molecule has 0 amide bonds. The van der Waals surface area contributed by atoms with Crippen LogP contribution in [0, 0.1) is 6.92 Å². The van der Waals surface area contributed by atoms with Gasteiger partial charge in [0.05, 0.1) is 5.56 Å². The van der Waals surface area contributed by atoms with Crippen LogP contribution < -0.4 is 11.2 Å². The van der Waals surface area contributed by atoms with Crippen molar-refractivity contribution in [1.29, 1.82) is 0 Å².